The minimum Gasteiger partial charge on any atom is -0.478 e. The maximum atomic E-state index is 11.2. The second-order valence-corrected chi connectivity index (χ2v) is 5.07. The van der Waals surface area contributed by atoms with Crippen LogP contribution in [0.3, 0.4) is 0 Å². The maximum Gasteiger partial charge on any atom is 0.336 e. The molecule has 18 heavy (non-hydrogen) atoms. The fourth-order valence-electron chi connectivity index (χ4n) is 1.52. The van der Waals surface area contributed by atoms with Crippen molar-refractivity contribution < 1.29 is 22.9 Å². The first-order valence-electron chi connectivity index (χ1n) is 5.38. The van der Waals surface area contributed by atoms with Crippen LogP contribution in [0, 0.1) is 0 Å². The van der Waals surface area contributed by atoms with Crippen LogP contribution < -0.4 is 0 Å². The predicted octanol–water partition coefficient (Wildman–Crippen LogP) is 2.20. The van der Waals surface area contributed by atoms with Crippen molar-refractivity contribution in [1.82, 2.24) is 0 Å². The highest BCUT2D eigenvalue weighted by Gasteiger charge is 2.20. The molecule has 0 aliphatic heterocycles. The number of allylic oxidation sites excluding steroid dienone is 1. The molecule has 0 saturated heterocycles. The zero-order valence-electron chi connectivity index (χ0n) is 9.83. The number of carbonyl (C=O) groups is 1. The Kier molecular flexibility index (Phi) is 4.63. The van der Waals surface area contributed by atoms with Gasteiger partial charge in [0, 0.05) is 5.56 Å². The Bertz CT molecular complexity index is 572. The molecule has 1 rings (SSSR count). The molecule has 0 unspecified atom stereocenters. The molecule has 0 atom stereocenters. The first-order valence-corrected chi connectivity index (χ1v) is 6.82. The summed E-state index contributed by atoms with van der Waals surface area (Å²) < 4.78 is 31.5. The number of hydrogen-bond donors (Lipinski definition) is 2. The third-order valence-electron chi connectivity index (χ3n) is 2.32. The molecule has 0 amide bonds. The first-order chi connectivity index (χ1) is 8.38. The van der Waals surface area contributed by atoms with Crippen LogP contribution in [0.5, 0.6) is 0 Å². The van der Waals surface area contributed by atoms with Crippen LogP contribution in [-0.2, 0) is 14.9 Å². The molecule has 1 aromatic carbocycles. The summed E-state index contributed by atoms with van der Waals surface area (Å²) in [5, 5.41) is 9.10. The fourth-order valence-corrected chi connectivity index (χ4v) is 2.22. The van der Waals surface area contributed by atoms with E-state index in [1.54, 1.807) is 0 Å². The number of benzene rings is 1. The predicted molar refractivity (Wildman–Crippen MR) is 66.8 cm³/mol. The van der Waals surface area contributed by atoms with Crippen molar-refractivity contribution in [3.8, 4) is 0 Å². The molecule has 0 radical (unpaired) electrons. The van der Waals surface area contributed by atoms with E-state index in [1.165, 1.54) is 30.3 Å². The largest absolute Gasteiger partial charge is 0.478 e. The van der Waals surface area contributed by atoms with E-state index in [2.05, 4.69) is 0 Å². The van der Waals surface area contributed by atoms with E-state index in [4.69, 9.17) is 9.66 Å². The molecule has 6 heteroatoms. The third-order valence-corrected chi connectivity index (χ3v) is 3.23. The molecule has 0 fully saturated rings. The molecular formula is C12H14O5S. The summed E-state index contributed by atoms with van der Waals surface area (Å²) in [6.45, 7) is 1.88. The third kappa shape index (κ3) is 3.41. The van der Waals surface area contributed by atoms with Crippen LogP contribution >= 0.6 is 0 Å². The number of aliphatic carboxylic acids is 1. The van der Waals surface area contributed by atoms with Gasteiger partial charge >= 0.3 is 5.97 Å². The summed E-state index contributed by atoms with van der Waals surface area (Å²) in [5.41, 5.74) is -0.119. The van der Waals surface area contributed by atoms with Crippen molar-refractivity contribution >= 4 is 21.7 Å². The SMILES string of the molecule is CCCC=C(C(=O)O)c1ccccc1S(=O)(=O)O. The van der Waals surface area contributed by atoms with Gasteiger partial charge in [-0.2, -0.15) is 8.42 Å². The quantitative estimate of drug-likeness (QED) is 0.632. The Morgan fingerprint density at radius 3 is 2.44 bits per heavy atom. The second kappa shape index (κ2) is 5.79. The lowest BCUT2D eigenvalue weighted by atomic mass is 10.0. The highest BCUT2D eigenvalue weighted by molar-refractivity contribution is 7.86. The average molecular weight is 270 g/mol. The summed E-state index contributed by atoms with van der Waals surface area (Å²) in [4.78, 5) is 10.7. The summed E-state index contributed by atoms with van der Waals surface area (Å²) in [6.07, 6.45) is 2.71. The molecular weight excluding hydrogens is 256 g/mol. The highest BCUT2D eigenvalue weighted by Crippen LogP contribution is 2.24. The Labute approximate surface area is 106 Å². The van der Waals surface area contributed by atoms with Gasteiger partial charge in [0.1, 0.15) is 4.90 Å². The van der Waals surface area contributed by atoms with E-state index in [-0.39, 0.29) is 11.1 Å². The molecule has 0 heterocycles. The summed E-state index contributed by atoms with van der Waals surface area (Å²) in [7, 11) is -4.44. The van der Waals surface area contributed by atoms with Crippen LogP contribution in [0.15, 0.2) is 35.2 Å². The van der Waals surface area contributed by atoms with Crippen molar-refractivity contribution in [3.05, 3.63) is 35.9 Å². The Hall–Kier alpha value is -1.66. The van der Waals surface area contributed by atoms with Gasteiger partial charge in [0.2, 0.25) is 0 Å². The second-order valence-electron chi connectivity index (χ2n) is 3.68. The number of rotatable bonds is 5. The molecule has 0 saturated carbocycles. The van der Waals surface area contributed by atoms with Gasteiger partial charge in [-0.1, -0.05) is 37.6 Å². The Balaban J connectivity index is 3.43. The normalized spacial score (nSPS) is 12.4. The maximum absolute atomic E-state index is 11.2. The van der Waals surface area contributed by atoms with Gasteiger partial charge in [-0.15, -0.1) is 0 Å². The van der Waals surface area contributed by atoms with E-state index >= 15 is 0 Å². The molecule has 5 nitrogen and oxygen atoms in total. The molecule has 0 aromatic heterocycles. The Morgan fingerprint density at radius 1 is 1.33 bits per heavy atom. The zero-order valence-corrected chi connectivity index (χ0v) is 10.6. The van der Waals surface area contributed by atoms with Crippen molar-refractivity contribution in [2.75, 3.05) is 0 Å². The van der Waals surface area contributed by atoms with E-state index < -0.39 is 21.0 Å². The van der Waals surface area contributed by atoms with E-state index in [1.807, 2.05) is 6.92 Å². The van der Waals surface area contributed by atoms with Gasteiger partial charge < -0.3 is 5.11 Å². The lowest BCUT2D eigenvalue weighted by Crippen LogP contribution is -2.07. The lowest BCUT2D eigenvalue weighted by Gasteiger charge is -2.07. The minimum absolute atomic E-state index is 0.000880. The van der Waals surface area contributed by atoms with Gasteiger partial charge in [-0.25, -0.2) is 4.79 Å². The van der Waals surface area contributed by atoms with Gasteiger partial charge in [0.05, 0.1) is 5.57 Å². The van der Waals surface area contributed by atoms with Gasteiger partial charge in [-0.3, -0.25) is 4.55 Å². The van der Waals surface area contributed by atoms with Gasteiger partial charge in [0.25, 0.3) is 10.1 Å². The molecule has 0 spiro atoms. The van der Waals surface area contributed by atoms with Crippen LogP contribution in [0.25, 0.3) is 5.57 Å². The van der Waals surface area contributed by atoms with E-state index in [9.17, 15) is 13.2 Å². The fraction of sp³-hybridized carbons (Fsp3) is 0.250. The molecule has 98 valence electrons. The smallest absolute Gasteiger partial charge is 0.336 e. The van der Waals surface area contributed by atoms with Crippen LogP contribution in [0.1, 0.15) is 25.3 Å². The Morgan fingerprint density at radius 2 is 1.94 bits per heavy atom. The molecule has 2 N–H and O–H groups in total. The summed E-state index contributed by atoms with van der Waals surface area (Å²) in [6, 6.07) is 5.48. The standard InChI is InChI=1S/C12H14O5S/c1-2-3-6-10(12(13)14)9-7-4-5-8-11(9)18(15,16)17/h4-8H,2-3H2,1H3,(H,13,14)(H,15,16,17). The average Bonchev–Trinajstić information content (AvgIpc) is 2.28. The van der Waals surface area contributed by atoms with Gasteiger partial charge in [0.15, 0.2) is 0 Å². The number of carboxylic acids is 1. The van der Waals surface area contributed by atoms with E-state index in [0.717, 1.165) is 6.42 Å². The molecule has 0 bridgehead atoms. The minimum atomic E-state index is -4.44. The lowest BCUT2D eigenvalue weighted by molar-refractivity contribution is -0.130. The van der Waals surface area contributed by atoms with Crippen LogP contribution in [-0.4, -0.2) is 24.0 Å². The van der Waals surface area contributed by atoms with Crippen LogP contribution in [0.2, 0.25) is 0 Å². The van der Waals surface area contributed by atoms with Crippen molar-refractivity contribution in [3.63, 3.8) is 0 Å². The summed E-state index contributed by atoms with van der Waals surface area (Å²) >= 11 is 0. The number of unbranched alkanes of at least 4 members (excludes halogenated alkanes) is 1. The molecule has 1 aromatic rings. The molecule has 0 aliphatic carbocycles. The number of carboxylic acid groups (broad SMARTS) is 1. The topological polar surface area (TPSA) is 91.7 Å². The first kappa shape index (κ1) is 14.4. The monoisotopic (exact) mass is 270 g/mol. The highest BCUT2D eigenvalue weighted by atomic mass is 32.2. The number of hydrogen-bond acceptors (Lipinski definition) is 3. The van der Waals surface area contributed by atoms with Crippen molar-refractivity contribution in [1.29, 1.82) is 0 Å². The van der Waals surface area contributed by atoms with Gasteiger partial charge in [-0.05, 0) is 12.5 Å². The zero-order chi connectivity index (χ0) is 13.8. The van der Waals surface area contributed by atoms with Crippen molar-refractivity contribution in [2.24, 2.45) is 0 Å². The van der Waals surface area contributed by atoms with E-state index in [0.29, 0.717) is 6.42 Å². The van der Waals surface area contributed by atoms with Crippen molar-refractivity contribution in [2.45, 2.75) is 24.7 Å². The summed E-state index contributed by atoms with van der Waals surface area (Å²) in [5.74, 6) is -1.22. The molecule has 0 aliphatic rings. The van der Waals surface area contributed by atoms with Crippen LogP contribution in [0.4, 0.5) is 0 Å².